The summed E-state index contributed by atoms with van der Waals surface area (Å²) in [6.45, 7) is 2.03. The molecule has 8 heteroatoms. The highest BCUT2D eigenvalue weighted by atomic mass is 32.2. The van der Waals surface area contributed by atoms with Gasteiger partial charge in [0.1, 0.15) is 9.09 Å². The van der Waals surface area contributed by atoms with E-state index in [0.29, 0.717) is 13.0 Å². The zero-order valence-corrected chi connectivity index (χ0v) is 11.9. The summed E-state index contributed by atoms with van der Waals surface area (Å²) < 4.78 is 26.1. The number of aliphatic hydroxyl groups excluding tert-OH is 1. The van der Waals surface area contributed by atoms with E-state index in [1.807, 2.05) is 6.92 Å². The van der Waals surface area contributed by atoms with Crippen LogP contribution in [0.3, 0.4) is 0 Å². The van der Waals surface area contributed by atoms with Crippen molar-refractivity contribution in [3.05, 3.63) is 17.0 Å². The van der Waals surface area contributed by atoms with Crippen LogP contribution in [0.1, 0.15) is 23.0 Å². The molecule has 2 atom stereocenters. The largest absolute Gasteiger partial charge is 0.477 e. The molecule has 106 valence electrons. The summed E-state index contributed by atoms with van der Waals surface area (Å²) in [6, 6.07) is 2.16. The molecule has 1 aromatic heterocycles. The van der Waals surface area contributed by atoms with E-state index in [1.54, 1.807) is 0 Å². The number of aliphatic hydroxyl groups is 1. The molecule has 0 aliphatic carbocycles. The van der Waals surface area contributed by atoms with Crippen molar-refractivity contribution in [1.29, 1.82) is 0 Å². The second-order valence-corrected chi connectivity index (χ2v) is 7.76. The van der Waals surface area contributed by atoms with Crippen molar-refractivity contribution >= 4 is 27.3 Å². The van der Waals surface area contributed by atoms with Gasteiger partial charge in [0.05, 0.1) is 12.6 Å². The smallest absolute Gasteiger partial charge is 0.345 e. The van der Waals surface area contributed by atoms with Gasteiger partial charge in [0, 0.05) is 6.54 Å². The van der Waals surface area contributed by atoms with Gasteiger partial charge in [0.15, 0.2) is 0 Å². The molecular weight excluding hydrogens is 290 g/mol. The Bertz CT molecular complexity index is 580. The summed E-state index contributed by atoms with van der Waals surface area (Å²) in [5.41, 5.74) is 0. The van der Waals surface area contributed by atoms with Crippen LogP contribution in [0.2, 0.25) is 0 Å². The van der Waals surface area contributed by atoms with E-state index in [2.05, 4.69) is 0 Å². The van der Waals surface area contributed by atoms with Gasteiger partial charge < -0.3 is 10.2 Å². The van der Waals surface area contributed by atoms with Crippen molar-refractivity contribution in [1.82, 2.24) is 4.31 Å². The van der Waals surface area contributed by atoms with Gasteiger partial charge in [-0.1, -0.05) is 6.92 Å². The maximum atomic E-state index is 12.4. The summed E-state index contributed by atoms with van der Waals surface area (Å²) in [5.74, 6) is -1.04. The average Bonchev–Trinajstić information content (AvgIpc) is 2.95. The van der Waals surface area contributed by atoms with Gasteiger partial charge in [0.25, 0.3) is 10.0 Å². The highest BCUT2D eigenvalue weighted by Gasteiger charge is 2.39. The van der Waals surface area contributed by atoms with Crippen LogP contribution in [0.5, 0.6) is 0 Å². The number of carboxylic acids is 1. The molecule has 1 saturated heterocycles. The maximum Gasteiger partial charge on any atom is 0.345 e. The predicted molar refractivity (Wildman–Crippen MR) is 69.8 cm³/mol. The second kappa shape index (κ2) is 5.20. The fourth-order valence-electron chi connectivity index (χ4n) is 2.23. The lowest BCUT2D eigenvalue weighted by Gasteiger charge is -2.23. The van der Waals surface area contributed by atoms with Crippen molar-refractivity contribution < 1.29 is 23.4 Å². The lowest BCUT2D eigenvalue weighted by Crippen LogP contribution is -2.39. The SMILES string of the molecule is CC1CCN(S(=O)(=O)c2ccc(C(=O)O)s2)C1CO. The molecule has 1 aromatic rings. The van der Waals surface area contributed by atoms with Gasteiger partial charge in [-0.25, -0.2) is 13.2 Å². The third-order valence-electron chi connectivity index (χ3n) is 3.37. The van der Waals surface area contributed by atoms with Crippen molar-refractivity contribution in [2.24, 2.45) is 5.92 Å². The molecule has 1 fully saturated rings. The van der Waals surface area contributed by atoms with Gasteiger partial charge in [-0.3, -0.25) is 0 Å². The van der Waals surface area contributed by atoms with Crippen LogP contribution in [0.25, 0.3) is 0 Å². The molecule has 19 heavy (non-hydrogen) atoms. The third-order valence-corrected chi connectivity index (χ3v) is 6.84. The molecule has 6 nitrogen and oxygen atoms in total. The van der Waals surface area contributed by atoms with Gasteiger partial charge >= 0.3 is 5.97 Å². The lowest BCUT2D eigenvalue weighted by molar-refractivity contribution is 0.0702. The number of carbonyl (C=O) groups is 1. The number of sulfonamides is 1. The monoisotopic (exact) mass is 305 g/mol. The first kappa shape index (κ1) is 14.4. The van der Waals surface area contributed by atoms with Crippen LogP contribution in [-0.2, 0) is 10.0 Å². The topological polar surface area (TPSA) is 94.9 Å². The predicted octanol–water partition coefficient (Wildman–Crippen LogP) is 0.838. The first-order chi connectivity index (χ1) is 8.87. The molecule has 0 radical (unpaired) electrons. The van der Waals surface area contributed by atoms with Crippen molar-refractivity contribution in [3.63, 3.8) is 0 Å². The molecule has 2 rings (SSSR count). The number of thiophene rings is 1. The normalized spacial score (nSPS) is 24.7. The Morgan fingerprint density at radius 1 is 1.53 bits per heavy atom. The quantitative estimate of drug-likeness (QED) is 0.859. The highest BCUT2D eigenvalue weighted by molar-refractivity contribution is 7.91. The Balaban J connectivity index is 2.34. The minimum Gasteiger partial charge on any atom is -0.477 e. The summed E-state index contributed by atoms with van der Waals surface area (Å²) in [6.07, 6.45) is 0.696. The number of carboxylic acid groups (broad SMARTS) is 1. The van der Waals surface area contributed by atoms with E-state index >= 15 is 0 Å². The summed E-state index contributed by atoms with van der Waals surface area (Å²) in [7, 11) is -3.72. The fourth-order valence-corrected chi connectivity index (χ4v) is 5.23. The first-order valence-electron chi connectivity index (χ1n) is 5.83. The molecule has 2 N–H and O–H groups in total. The molecule has 2 unspecified atom stereocenters. The Hall–Kier alpha value is -0.960. The zero-order valence-electron chi connectivity index (χ0n) is 10.3. The Morgan fingerprint density at radius 3 is 2.74 bits per heavy atom. The second-order valence-electron chi connectivity index (χ2n) is 4.56. The number of rotatable bonds is 4. The van der Waals surface area contributed by atoms with Crippen LogP contribution in [0, 0.1) is 5.92 Å². The van der Waals surface area contributed by atoms with E-state index < -0.39 is 22.0 Å². The summed E-state index contributed by atoms with van der Waals surface area (Å²) in [5, 5.41) is 18.1. The Kier molecular flexibility index (Phi) is 3.95. The molecule has 0 amide bonds. The van der Waals surface area contributed by atoms with Crippen LogP contribution in [0.15, 0.2) is 16.3 Å². The molecule has 0 saturated carbocycles. The van der Waals surface area contributed by atoms with Crippen LogP contribution < -0.4 is 0 Å². The Labute approximate surface area is 115 Å². The highest BCUT2D eigenvalue weighted by Crippen LogP contribution is 2.32. The van der Waals surface area contributed by atoms with Gasteiger partial charge in [-0.2, -0.15) is 4.31 Å². The third kappa shape index (κ3) is 2.53. The van der Waals surface area contributed by atoms with E-state index in [-0.39, 0.29) is 21.6 Å². The molecule has 0 bridgehead atoms. The van der Waals surface area contributed by atoms with Crippen LogP contribution >= 0.6 is 11.3 Å². The van der Waals surface area contributed by atoms with Crippen LogP contribution in [0.4, 0.5) is 0 Å². The standard InChI is InChI=1S/C11H15NO5S2/c1-7-4-5-12(8(7)6-13)19(16,17)10-3-2-9(18-10)11(14)15/h2-3,7-8,13H,4-6H2,1H3,(H,14,15). The summed E-state index contributed by atoms with van der Waals surface area (Å²) >= 11 is 0.738. The Morgan fingerprint density at radius 2 is 2.21 bits per heavy atom. The van der Waals surface area contributed by atoms with E-state index in [0.717, 1.165) is 11.3 Å². The van der Waals surface area contributed by atoms with Gasteiger partial charge in [-0.15, -0.1) is 11.3 Å². The van der Waals surface area contributed by atoms with E-state index in [9.17, 15) is 18.3 Å². The van der Waals surface area contributed by atoms with Crippen molar-refractivity contribution in [2.45, 2.75) is 23.6 Å². The van der Waals surface area contributed by atoms with Crippen LogP contribution in [-0.4, -0.2) is 48.1 Å². The molecule has 0 spiro atoms. The fraction of sp³-hybridized carbons (Fsp3) is 0.545. The molecule has 0 aromatic carbocycles. The number of aromatic carboxylic acids is 1. The molecule has 1 aliphatic heterocycles. The van der Waals surface area contributed by atoms with Crippen molar-refractivity contribution in [3.8, 4) is 0 Å². The van der Waals surface area contributed by atoms with Crippen molar-refractivity contribution in [2.75, 3.05) is 13.2 Å². The maximum absolute atomic E-state index is 12.4. The van der Waals surface area contributed by atoms with Gasteiger partial charge in [0.2, 0.25) is 0 Å². The first-order valence-corrected chi connectivity index (χ1v) is 8.09. The lowest BCUT2D eigenvalue weighted by atomic mass is 10.0. The number of hydrogen-bond acceptors (Lipinski definition) is 5. The minimum absolute atomic E-state index is 0.00799. The number of nitrogens with zero attached hydrogens (tertiary/aromatic N) is 1. The average molecular weight is 305 g/mol. The summed E-state index contributed by atoms with van der Waals surface area (Å²) in [4.78, 5) is 10.8. The minimum atomic E-state index is -3.72. The zero-order chi connectivity index (χ0) is 14.2. The van der Waals surface area contributed by atoms with E-state index in [1.165, 1.54) is 16.4 Å². The molecular formula is C11H15NO5S2. The molecule has 2 heterocycles. The molecule has 1 aliphatic rings. The number of hydrogen-bond donors (Lipinski definition) is 2. The van der Waals surface area contributed by atoms with Gasteiger partial charge in [-0.05, 0) is 24.5 Å². The van der Waals surface area contributed by atoms with E-state index in [4.69, 9.17) is 5.11 Å².